The maximum atomic E-state index is 12.3. The third-order valence-corrected chi connectivity index (χ3v) is 5.51. The number of halogens is 1. The van der Waals surface area contributed by atoms with E-state index in [-0.39, 0.29) is 6.04 Å². The van der Waals surface area contributed by atoms with Crippen molar-refractivity contribution < 1.29 is 8.42 Å². The highest BCUT2D eigenvalue weighted by atomic mass is 79.9. The van der Waals surface area contributed by atoms with Gasteiger partial charge < -0.3 is 5.32 Å². The van der Waals surface area contributed by atoms with Gasteiger partial charge in [-0.1, -0.05) is 6.07 Å². The molecule has 100 valence electrons. The molecule has 1 heterocycles. The molecule has 0 amide bonds. The van der Waals surface area contributed by atoms with Crippen molar-refractivity contribution in [2.24, 2.45) is 0 Å². The number of nitrogens with one attached hydrogen (secondary N) is 2. The lowest BCUT2D eigenvalue weighted by Crippen LogP contribution is -2.45. The summed E-state index contributed by atoms with van der Waals surface area (Å²) in [6.45, 7) is 3.54. The molecule has 1 aromatic rings. The second-order valence-corrected chi connectivity index (χ2v) is 7.14. The van der Waals surface area contributed by atoms with E-state index in [1.807, 2.05) is 13.0 Å². The van der Waals surface area contributed by atoms with E-state index in [1.54, 1.807) is 12.1 Å². The zero-order valence-electron chi connectivity index (χ0n) is 10.2. The summed E-state index contributed by atoms with van der Waals surface area (Å²) in [7, 11) is -3.45. The fraction of sp³-hybridized carbons (Fsp3) is 0.500. The van der Waals surface area contributed by atoms with Crippen LogP contribution in [0.25, 0.3) is 0 Å². The Kier molecular flexibility index (Phi) is 4.42. The molecule has 1 atom stereocenters. The second kappa shape index (κ2) is 5.69. The molecule has 18 heavy (non-hydrogen) atoms. The molecule has 0 aliphatic carbocycles. The average molecular weight is 333 g/mol. The number of hydrogen-bond donors (Lipinski definition) is 2. The fourth-order valence-corrected chi connectivity index (χ4v) is 4.37. The van der Waals surface area contributed by atoms with Crippen molar-refractivity contribution >= 4 is 26.0 Å². The Morgan fingerprint density at radius 3 is 2.89 bits per heavy atom. The number of piperidine rings is 1. The summed E-state index contributed by atoms with van der Waals surface area (Å²) in [5, 5.41) is 3.20. The molecule has 0 spiro atoms. The number of hydrogen-bond acceptors (Lipinski definition) is 3. The van der Waals surface area contributed by atoms with E-state index in [1.165, 1.54) is 0 Å². The third-order valence-electron chi connectivity index (χ3n) is 2.99. The topological polar surface area (TPSA) is 58.2 Å². The van der Waals surface area contributed by atoms with E-state index in [9.17, 15) is 8.42 Å². The molecule has 0 aromatic heterocycles. The summed E-state index contributed by atoms with van der Waals surface area (Å²) in [6, 6.07) is 5.31. The van der Waals surface area contributed by atoms with Gasteiger partial charge in [0, 0.05) is 17.1 Å². The number of aryl methyl sites for hydroxylation is 1. The van der Waals surface area contributed by atoms with Crippen LogP contribution in [0.2, 0.25) is 0 Å². The van der Waals surface area contributed by atoms with Gasteiger partial charge in [-0.2, -0.15) is 0 Å². The van der Waals surface area contributed by atoms with Crippen molar-refractivity contribution in [3.8, 4) is 0 Å². The Morgan fingerprint density at radius 1 is 1.44 bits per heavy atom. The van der Waals surface area contributed by atoms with Gasteiger partial charge in [0.15, 0.2) is 0 Å². The van der Waals surface area contributed by atoms with Crippen LogP contribution in [0.4, 0.5) is 0 Å². The summed E-state index contributed by atoms with van der Waals surface area (Å²) < 4.78 is 28.0. The van der Waals surface area contributed by atoms with Gasteiger partial charge in [-0.25, -0.2) is 13.1 Å². The van der Waals surface area contributed by atoms with Gasteiger partial charge in [-0.05, 0) is 59.9 Å². The van der Waals surface area contributed by atoms with Crippen molar-refractivity contribution in [3.05, 3.63) is 28.2 Å². The number of benzene rings is 1. The highest BCUT2D eigenvalue weighted by Gasteiger charge is 2.23. The molecule has 0 saturated carbocycles. The van der Waals surface area contributed by atoms with Crippen molar-refractivity contribution in [1.82, 2.24) is 10.0 Å². The third kappa shape index (κ3) is 3.32. The van der Waals surface area contributed by atoms with Crippen LogP contribution in [0.5, 0.6) is 0 Å². The van der Waals surface area contributed by atoms with E-state index in [4.69, 9.17) is 0 Å². The predicted molar refractivity (Wildman–Crippen MR) is 75.1 cm³/mol. The molecule has 0 bridgehead atoms. The van der Waals surface area contributed by atoms with E-state index in [2.05, 4.69) is 26.0 Å². The zero-order valence-corrected chi connectivity index (χ0v) is 12.6. The van der Waals surface area contributed by atoms with Gasteiger partial charge in [0.05, 0.1) is 4.90 Å². The minimum absolute atomic E-state index is 0.0174. The van der Waals surface area contributed by atoms with Crippen LogP contribution < -0.4 is 10.0 Å². The molecular weight excluding hydrogens is 316 g/mol. The Balaban J connectivity index is 2.21. The van der Waals surface area contributed by atoms with Crippen molar-refractivity contribution in [2.75, 3.05) is 13.1 Å². The first-order chi connectivity index (χ1) is 8.49. The molecule has 2 N–H and O–H groups in total. The highest BCUT2D eigenvalue weighted by molar-refractivity contribution is 9.10. The summed E-state index contributed by atoms with van der Waals surface area (Å²) in [4.78, 5) is 0.313. The lowest BCUT2D eigenvalue weighted by molar-refractivity contribution is 0.428. The predicted octanol–water partition coefficient (Wildman–Crippen LogP) is 1.79. The Hall–Kier alpha value is -0.430. The second-order valence-electron chi connectivity index (χ2n) is 4.60. The summed E-state index contributed by atoms with van der Waals surface area (Å²) >= 11 is 3.30. The molecule has 6 heteroatoms. The highest BCUT2D eigenvalue weighted by Crippen LogP contribution is 2.23. The fourth-order valence-electron chi connectivity index (χ4n) is 2.05. The van der Waals surface area contributed by atoms with Gasteiger partial charge in [0.1, 0.15) is 0 Å². The standard InChI is InChI=1S/C12H17BrN2O2S/c1-9-4-5-11(13)12(7-9)18(16,17)15-10-3-2-6-14-8-10/h4-5,7,10,14-15H,2-3,6,8H2,1H3. The van der Waals surface area contributed by atoms with E-state index < -0.39 is 10.0 Å². The molecule has 1 unspecified atom stereocenters. The number of rotatable bonds is 3. The first kappa shape index (κ1) is 14.0. The van der Waals surface area contributed by atoms with Crippen LogP contribution in [-0.2, 0) is 10.0 Å². The van der Waals surface area contributed by atoms with Gasteiger partial charge in [-0.15, -0.1) is 0 Å². The van der Waals surface area contributed by atoms with Crippen LogP contribution in [0.15, 0.2) is 27.6 Å². The van der Waals surface area contributed by atoms with Gasteiger partial charge in [0.2, 0.25) is 10.0 Å². The van der Waals surface area contributed by atoms with E-state index >= 15 is 0 Å². The summed E-state index contributed by atoms with van der Waals surface area (Å²) in [6.07, 6.45) is 1.89. The first-order valence-electron chi connectivity index (χ1n) is 5.98. The normalized spacial score (nSPS) is 20.9. The van der Waals surface area contributed by atoms with Crippen molar-refractivity contribution in [2.45, 2.75) is 30.7 Å². The Bertz CT molecular complexity index is 525. The van der Waals surface area contributed by atoms with Crippen LogP contribution in [0, 0.1) is 6.92 Å². The van der Waals surface area contributed by atoms with Gasteiger partial charge in [0.25, 0.3) is 0 Å². The van der Waals surface area contributed by atoms with Crippen LogP contribution >= 0.6 is 15.9 Å². The monoisotopic (exact) mass is 332 g/mol. The lowest BCUT2D eigenvalue weighted by atomic mass is 10.1. The quantitative estimate of drug-likeness (QED) is 0.887. The average Bonchev–Trinajstić information content (AvgIpc) is 2.33. The lowest BCUT2D eigenvalue weighted by Gasteiger charge is -2.23. The maximum Gasteiger partial charge on any atom is 0.241 e. The summed E-state index contributed by atoms with van der Waals surface area (Å²) in [5.74, 6) is 0. The summed E-state index contributed by atoms with van der Waals surface area (Å²) in [5.41, 5.74) is 0.931. The van der Waals surface area contributed by atoms with Gasteiger partial charge in [-0.3, -0.25) is 0 Å². The van der Waals surface area contributed by atoms with Gasteiger partial charge >= 0.3 is 0 Å². The molecule has 1 aliphatic heterocycles. The van der Waals surface area contributed by atoms with Crippen molar-refractivity contribution in [1.29, 1.82) is 0 Å². The van der Waals surface area contributed by atoms with Crippen LogP contribution in [0.3, 0.4) is 0 Å². The van der Waals surface area contributed by atoms with Crippen molar-refractivity contribution in [3.63, 3.8) is 0 Å². The minimum Gasteiger partial charge on any atom is -0.315 e. The molecular formula is C12H17BrN2O2S. The Labute approximate surface area is 116 Å². The Morgan fingerprint density at radius 2 is 2.22 bits per heavy atom. The SMILES string of the molecule is Cc1ccc(Br)c(S(=O)(=O)NC2CCCNC2)c1. The first-order valence-corrected chi connectivity index (χ1v) is 8.26. The molecule has 1 saturated heterocycles. The maximum absolute atomic E-state index is 12.3. The minimum atomic E-state index is -3.45. The smallest absolute Gasteiger partial charge is 0.241 e. The molecule has 4 nitrogen and oxygen atoms in total. The molecule has 1 aromatic carbocycles. The zero-order chi connectivity index (χ0) is 13.2. The van der Waals surface area contributed by atoms with Crippen LogP contribution in [-0.4, -0.2) is 27.5 Å². The molecule has 1 fully saturated rings. The molecule has 0 radical (unpaired) electrons. The molecule has 1 aliphatic rings. The number of sulfonamides is 1. The van der Waals surface area contributed by atoms with E-state index in [0.717, 1.165) is 24.9 Å². The largest absolute Gasteiger partial charge is 0.315 e. The molecule has 2 rings (SSSR count). The van der Waals surface area contributed by atoms with Crippen LogP contribution in [0.1, 0.15) is 18.4 Å². The van der Waals surface area contributed by atoms with E-state index in [0.29, 0.717) is 15.9 Å².